The van der Waals surface area contributed by atoms with Gasteiger partial charge in [-0.2, -0.15) is 4.39 Å². The van der Waals surface area contributed by atoms with Gasteiger partial charge < -0.3 is 16.2 Å². The highest BCUT2D eigenvalue weighted by Crippen LogP contribution is 2.25. The Kier molecular flexibility index (Phi) is 4.55. The van der Waals surface area contributed by atoms with Crippen LogP contribution >= 0.6 is 0 Å². The number of phenols is 1. The second-order valence-corrected chi connectivity index (χ2v) is 3.83. The Balaban J connectivity index is 3.00. The predicted octanol–water partition coefficient (Wildman–Crippen LogP) is 1.28. The number of halogens is 3. The summed E-state index contributed by atoms with van der Waals surface area (Å²) in [6.07, 6.45) is 0.447. The average molecular weight is 262 g/mol. The van der Waals surface area contributed by atoms with E-state index in [0.29, 0.717) is 19.0 Å². The molecule has 4 nitrogen and oxygen atoms in total. The zero-order valence-electron chi connectivity index (χ0n) is 9.64. The molecule has 1 rings (SSSR count). The van der Waals surface area contributed by atoms with Crippen molar-refractivity contribution in [1.82, 2.24) is 5.32 Å². The highest BCUT2D eigenvalue weighted by atomic mass is 19.2. The van der Waals surface area contributed by atoms with Crippen LogP contribution in [0.15, 0.2) is 6.07 Å². The molecular formula is C11H13F3N2O2. The van der Waals surface area contributed by atoms with Crippen molar-refractivity contribution in [2.75, 3.05) is 6.54 Å². The summed E-state index contributed by atoms with van der Waals surface area (Å²) in [5.74, 6) is -7.16. The molecule has 0 radical (unpaired) electrons. The highest BCUT2D eigenvalue weighted by Gasteiger charge is 2.23. The smallest absolute Gasteiger partial charge is 0.254 e. The molecule has 7 heteroatoms. The summed E-state index contributed by atoms with van der Waals surface area (Å²) in [5.41, 5.74) is 4.51. The molecule has 1 aromatic rings. The Morgan fingerprint density at radius 3 is 2.61 bits per heavy atom. The molecule has 100 valence electrons. The zero-order valence-corrected chi connectivity index (χ0v) is 9.64. The van der Waals surface area contributed by atoms with Crippen molar-refractivity contribution in [2.45, 2.75) is 19.4 Å². The number of amides is 1. The predicted molar refractivity (Wildman–Crippen MR) is 58.6 cm³/mol. The first-order valence-electron chi connectivity index (χ1n) is 5.25. The number of nitrogens with two attached hydrogens (primary N) is 1. The first-order valence-corrected chi connectivity index (χ1v) is 5.25. The number of aromatic hydroxyl groups is 1. The van der Waals surface area contributed by atoms with Crippen LogP contribution in [0.4, 0.5) is 13.2 Å². The van der Waals surface area contributed by atoms with Crippen LogP contribution in [-0.4, -0.2) is 23.6 Å². The van der Waals surface area contributed by atoms with Crippen molar-refractivity contribution in [2.24, 2.45) is 5.73 Å². The molecule has 0 bridgehead atoms. The number of rotatable bonds is 4. The van der Waals surface area contributed by atoms with Gasteiger partial charge in [0.15, 0.2) is 17.4 Å². The van der Waals surface area contributed by atoms with Gasteiger partial charge in [-0.05, 0) is 26.0 Å². The lowest BCUT2D eigenvalue weighted by Crippen LogP contribution is -2.34. The monoisotopic (exact) mass is 262 g/mol. The fraction of sp³-hybridized carbons (Fsp3) is 0.364. The normalized spacial score (nSPS) is 12.3. The summed E-state index contributed by atoms with van der Waals surface area (Å²) in [4.78, 5) is 11.6. The maximum absolute atomic E-state index is 13.4. The van der Waals surface area contributed by atoms with E-state index in [9.17, 15) is 18.0 Å². The fourth-order valence-electron chi connectivity index (χ4n) is 1.38. The average Bonchev–Trinajstić information content (AvgIpc) is 2.31. The van der Waals surface area contributed by atoms with Crippen LogP contribution in [0.2, 0.25) is 0 Å². The van der Waals surface area contributed by atoms with E-state index in [4.69, 9.17) is 10.8 Å². The van der Waals surface area contributed by atoms with Crippen molar-refractivity contribution >= 4 is 5.91 Å². The molecule has 0 aliphatic rings. The summed E-state index contributed by atoms with van der Waals surface area (Å²) in [6.45, 7) is 1.94. The molecule has 0 spiro atoms. The maximum atomic E-state index is 13.4. The molecule has 0 aliphatic heterocycles. The molecule has 1 atom stereocenters. The summed E-state index contributed by atoms with van der Waals surface area (Å²) >= 11 is 0. The fourth-order valence-corrected chi connectivity index (χ4v) is 1.38. The quantitative estimate of drug-likeness (QED) is 0.715. The van der Waals surface area contributed by atoms with Gasteiger partial charge in [0.05, 0.1) is 5.56 Å². The number of nitrogens with one attached hydrogen (secondary N) is 1. The van der Waals surface area contributed by atoms with Gasteiger partial charge in [-0.15, -0.1) is 0 Å². The molecule has 18 heavy (non-hydrogen) atoms. The summed E-state index contributed by atoms with van der Waals surface area (Å²) in [5, 5.41) is 11.3. The molecule has 1 unspecified atom stereocenters. The van der Waals surface area contributed by atoms with Gasteiger partial charge in [-0.3, -0.25) is 4.79 Å². The lowest BCUT2D eigenvalue weighted by molar-refractivity contribution is 0.0933. The standard InChI is InChI=1S/C11H13F3N2O2/c1-5(2-3-15)16-11(18)6-4-7(12)9(14)10(17)8(6)13/h4-5,17H,2-3,15H2,1H3,(H,16,18). The minimum absolute atomic E-state index is 0.312. The largest absolute Gasteiger partial charge is 0.503 e. The molecule has 0 aromatic heterocycles. The molecule has 0 saturated carbocycles. The number of carbonyl (C=O) groups excluding carboxylic acids is 1. The van der Waals surface area contributed by atoms with E-state index in [1.54, 1.807) is 6.92 Å². The molecule has 1 amide bonds. The lowest BCUT2D eigenvalue weighted by atomic mass is 10.1. The summed E-state index contributed by atoms with van der Waals surface area (Å²) in [6, 6.07) is 0.0478. The van der Waals surface area contributed by atoms with Crippen LogP contribution in [0.1, 0.15) is 23.7 Å². The minimum atomic E-state index is -1.72. The lowest BCUT2D eigenvalue weighted by Gasteiger charge is -2.13. The van der Waals surface area contributed by atoms with Gasteiger partial charge in [0.1, 0.15) is 0 Å². The number of carbonyl (C=O) groups is 1. The van der Waals surface area contributed by atoms with E-state index in [2.05, 4.69) is 5.32 Å². The van der Waals surface area contributed by atoms with E-state index >= 15 is 0 Å². The summed E-state index contributed by atoms with van der Waals surface area (Å²) in [7, 11) is 0. The number of phenolic OH excluding ortho intramolecular Hbond substituents is 1. The van der Waals surface area contributed by atoms with Crippen LogP contribution in [-0.2, 0) is 0 Å². The van der Waals surface area contributed by atoms with Gasteiger partial charge in [-0.1, -0.05) is 0 Å². The van der Waals surface area contributed by atoms with Crippen LogP contribution < -0.4 is 11.1 Å². The van der Waals surface area contributed by atoms with E-state index < -0.39 is 34.7 Å². The first kappa shape index (κ1) is 14.3. The molecule has 1 aromatic carbocycles. The maximum Gasteiger partial charge on any atom is 0.254 e. The Hall–Kier alpha value is -1.76. The summed E-state index contributed by atoms with van der Waals surface area (Å²) < 4.78 is 39.2. The third-order valence-corrected chi connectivity index (χ3v) is 2.35. The van der Waals surface area contributed by atoms with Crippen LogP contribution in [0.5, 0.6) is 5.75 Å². The second-order valence-electron chi connectivity index (χ2n) is 3.83. The molecule has 0 aliphatic carbocycles. The number of hydrogen-bond acceptors (Lipinski definition) is 3. The number of benzene rings is 1. The Morgan fingerprint density at radius 2 is 2.06 bits per heavy atom. The van der Waals surface area contributed by atoms with Crippen LogP contribution in [0, 0.1) is 17.5 Å². The third-order valence-electron chi connectivity index (χ3n) is 2.35. The molecule has 0 fully saturated rings. The van der Waals surface area contributed by atoms with Crippen molar-refractivity contribution in [3.63, 3.8) is 0 Å². The van der Waals surface area contributed by atoms with Crippen molar-refractivity contribution in [3.05, 3.63) is 29.1 Å². The Bertz CT molecular complexity index is 466. The van der Waals surface area contributed by atoms with Gasteiger partial charge in [0.2, 0.25) is 5.82 Å². The van der Waals surface area contributed by atoms with E-state index in [0.717, 1.165) is 0 Å². The van der Waals surface area contributed by atoms with E-state index in [-0.39, 0.29) is 6.04 Å². The Morgan fingerprint density at radius 1 is 1.44 bits per heavy atom. The van der Waals surface area contributed by atoms with Crippen molar-refractivity contribution in [3.8, 4) is 5.75 Å². The molecular weight excluding hydrogens is 249 g/mol. The third kappa shape index (κ3) is 2.92. The van der Waals surface area contributed by atoms with E-state index in [1.165, 1.54) is 0 Å². The van der Waals surface area contributed by atoms with Crippen LogP contribution in [0.3, 0.4) is 0 Å². The van der Waals surface area contributed by atoms with Gasteiger partial charge >= 0.3 is 0 Å². The second kappa shape index (κ2) is 5.72. The zero-order chi connectivity index (χ0) is 13.9. The van der Waals surface area contributed by atoms with Crippen LogP contribution in [0.25, 0.3) is 0 Å². The van der Waals surface area contributed by atoms with Crippen molar-refractivity contribution < 1.29 is 23.1 Å². The van der Waals surface area contributed by atoms with E-state index in [1.807, 2.05) is 0 Å². The topological polar surface area (TPSA) is 75.3 Å². The van der Waals surface area contributed by atoms with Gasteiger partial charge in [0.25, 0.3) is 5.91 Å². The Labute approximate surface area is 102 Å². The first-order chi connectivity index (χ1) is 8.38. The molecule has 0 saturated heterocycles. The molecule has 4 N–H and O–H groups in total. The highest BCUT2D eigenvalue weighted by molar-refractivity contribution is 5.95. The van der Waals surface area contributed by atoms with Gasteiger partial charge in [-0.25, -0.2) is 8.78 Å². The minimum Gasteiger partial charge on any atom is -0.503 e. The van der Waals surface area contributed by atoms with Gasteiger partial charge in [0, 0.05) is 6.04 Å². The molecule has 0 heterocycles. The van der Waals surface area contributed by atoms with Crippen molar-refractivity contribution in [1.29, 1.82) is 0 Å². The SMILES string of the molecule is CC(CCN)NC(=O)c1cc(F)c(F)c(O)c1F. The number of hydrogen-bond donors (Lipinski definition) is 3.